The number of benzene rings is 3. The number of hydrogen-bond donors (Lipinski definition) is 2. The summed E-state index contributed by atoms with van der Waals surface area (Å²) in [4.78, 5) is 72.4. The van der Waals surface area contributed by atoms with E-state index in [2.05, 4.69) is 5.32 Å². The zero-order valence-corrected chi connectivity index (χ0v) is 33.2. The number of halogens is 1. The van der Waals surface area contributed by atoms with Crippen LogP contribution in [-0.2, 0) is 38.6 Å². The first-order valence-corrected chi connectivity index (χ1v) is 19.0. The lowest BCUT2D eigenvalue weighted by Gasteiger charge is -2.44. The van der Waals surface area contributed by atoms with E-state index in [4.69, 9.17) is 4.74 Å². The van der Waals surface area contributed by atoms with E-state index in [0.29, 0.717) is 5.56 Å². The Bertz CT molecular complexity index is 1860. The Morgan fingerprint density at radius 3 is 2.11 bits per heavy atom. The number of likely N-dealkylation sites (N-methyl/N-ethyl adjacent to an activating group) is 1. The predicted octanol–water partition coefficient (Wildman–Crippen LogP) is 6.45. The smallest absolute Gasteiger partial charge is 0.410 e. The van der Waals surface area contributed by atoms with Crippen molar-refractivity contribution in [3.8, 4) is 0 Å². The summed E-state index contributed by atoms with van der Waals surface area (Å²) in [6.07, 6.45) is 1.29. The van der Waals surface area contributed by atoms with Crippen LogP contribution in [0.25, 0.3) is 0 Å². The molecule has 0 aromatic heterocycles. The standard InChI is InChI=1S/C41H51FN4O7S/c1-25(31-16-12-13-17-32(31)42)45(23-27-18-20-28(21-19-27)38(50)51)36(48)33-22-29-14-10-11-15-30(29)24-46(33)37(49)34(41(6,7)54-9)43-35(47)26(2)44(8)39(52)53-40(3,4)5/h10-21,25-26,33-34H,22-24H2,1-9H3,(H,43,47)(H,50,51)/t25-,26+,33+,34?/m1/s1. The number of aromatic carboxylic acids is 1. The third kappa shape index (κ3) is 9.79. The molecule has 0 saturated heterocycles. The van der Waals surface area contributed by atoms with Crippen molar-refractivity contribution in [2.45, 2.75) is 102 Å². The zero-order valence-electron chi connectivity index (χ0n) is 32.4. The van der Waals surface area contributed by atoms with Crippen molar-refractivity contribution in [2.24, 2.45) is 0 Å². The highest BCUT2D eigenvalue weighted by atomic mass is 32.2. The summed E-state index contributed by atoms with van der Waals surface area (Å²) in [6.45, 7) is 12.2. The Kier molecular flexibility index (Phi) is 13.2. The molecule has 0 spiro atoms. The van der Waals surface area contributed by atoms with Crippen LogP contribution >= 0.6 is 11.8 Å². The van der Waals surface area contributed by atoms with Gasteiger partial charge in [-0.15, -0.1) is 0 Å². The average molecular weight is 763 g/mol. The Morgan fingerprint density at radius 1 is 0.944 bits per heavy atom. The number of hydrogen-bond acceptors (Lipinski definition) is 7. The molecule has 3 aromatic carbocycles. The second kappa shape index (κ2) is 17.0. The monoisotopic (exact) mass is 762 g/mol. The average Bonchev–Trinajstić information content (AvgIpc) is 3.13. The van der Waals surface area contributed by atoms with Crippen molar-refractivity contribution in [2.75, 3.05) is 13.3 Å². The molecular formula is C41H51FN4O7S. The van der Waals surface area contributed by atoms with Gasteiger partial charge in [-0.3, -0.25) is 19.3 Å². The molecule has 1 heterocycles. The van der Waals surface area contributed by atoms with Gasteiger partial charge in [0, 0.05) is 36.9 Å². The van der Waals surface area contributed by atoms with Crippen LogP contribution in [0.4, 0.5) is 9.18 Å². The van der Waals surface area contributed by atoms with Gasteiger partial charge in [-0.25, -0.2) is 14.0 Å². The van der Waals surface area contributed by atoms with E-state index in [1.807, 2.05) is 44.4 Å². The van der Waals surface area contributed by atoms with Gasteiger partial charge < -0.3 is 25.0 Å². The molecule has 0 radical (unpaired) electrons. The van der Waals surface area contributed by atoms with E-state index in [1.165, 1.54) is 51.7 Å². The fourth-order valence-electron chi connectivity index (χ4n) is 6.25. The topological polar surface area (TPSA) is 137 Å². The van der Waals surface area contributed by atoms with Crippen LogP contribution in [0.15, 0.2) is 72.8 Å². The van der Waals surface area contributed by atoms with E-state index in [-0.39, 0.29) is 30.6 Å². The van der Waals surface area contributed by atoms with Crippen LogP contribution < -0.4 is 5.32 Å². The number of carboxylic acid groups (broad SMARTS) is 1. The van der Waals surface area contributed by atoms with Crippen LogP contribution in [0, 0.1) is 5.82 Å². The number of amides is 4. The lowest BCUT2D eigenvalue weighted by molar-refractivity contribution is -0.151. The van der Waals surface area contributed by atoms with Crippen molar-refractivity contribution in [1.82, 2.24) is 20.0 Å². The van der Waals surface area contributed by atoms with Crippen LogP contribution in [0.5, 0.6) is 0 Å². The lowest BCUT2D eigenvalue weighted by atomic mass is 9.90. The van der Waals surface area contributed by atoms with E-state index in [9.17, 15) is 24.3 Å². The third-order valence-electron chi connectivity index (χ3n) is 9.87. The van der Waals surface area contributed by atoms with Crippen molar-refractivity contribution in [3.05, 3.63) is 106 Å². The van der Waals surface area contributed by atoms with E-state index in [0.717, 1.165) is 11.1 Å². The summed E-state index contributed by atoms with van der Waals surface area (Å²) in [5, 5.41) is 12.4. The van der Waals surface area contributed by atoms with Crippen molar-refractivity contribution in [3.63, 3.8) is 0 Å². The third-order valence-corrected chi connectivity index (χ3v) is 11.2. The SMILES string of the molecule is CSC(C)(C)C(NC(=O)[C@H](C)N(C)C(=O)OC(C)(C)C)C(=O)N1Cc2ccccc2C[C@H]1C(=O)N(Cc1ccc(C(=O)O)cc1)[C@H](C)c1ccccc1F. The number of carbonyl (C=O) groups excluding carboxylic acids is 4. The van der Waals surface area contributed by atoms with E-state index < -0.39 is 70.1 Å². The number of carbonyl (C=O) groups is 5. The largest absolute Gasteiger partial charge is 0.478 e. The molecule has 4 rings (SSSR count). The zero-order chi connectivity index (χ0) is 40.1. The van der Waals surface area contributed by atoms with Gasteiger partial charge in [0.15, 0.2) is 0 Å². The molecule has 54 heavy (non-hydrogen) atoms. The number of ether oxygens (including phenoxy) is 1. The van der Waals surface area contributed by atoms with Gasteiger partial charge in [0.25, 0.3) is 0 Å². The molecule has 0 saturated carbocycles. The first kappa shape index (κ1) is 41.8. The minimum atomic E-state index is -1.13. The minimum absolute atomic E-state index is 0.000600. The van der Waals surface area contributed by atoms with Crippen molar-refractivity contribution >= 4 is 41.5 Å². The highest BCUT2D eigenvalue weighted by Crippen LogP contribution is 2.33. The summed E-state index contributed by atoms with van der Waals surface area (Å²) in [6, 6.07) is 15.9. The van der Waals surface area contributed by atoms with Gasteiger partial charge in [-0.1, -0.05) is 54.6 Å². The van der Waals surface area contributed by atoms with Crippen molar-refractivity contribution < 1.29 is 38.2 Å². The second-order valence-corrected chi connectivity index (χ2v) is 16.6. The maximum absolute atomic E-state index is 15.3. The normalized spacial score (nSPS) is 16.0. The Morgan fingerprint density at radius 2 is 1.54 bits per heavy atom. The van der Waals surface area contributed by atoms with E-state index >= 15 is 9.18 Å². The fraction of sp³-hybridized carbons (Fsp3) is 0.439. The van der Waals surface area contributed by atoms with Gasteiger partial charge in [0.05, 0.1) is 11.6 Å². The summed E-state index contributed by atoms with van der Waals surface area (Å²) < 4.78 is 19.9. The van der Waals surface area contributed by atoms with Crippen LogP contribution in [0.3, 0.4) is 0 Å². The molecular weight excluding hydrogens is 712 g/mol. The molecule has 4 amide bonds. The molecule has 290 valence electrons. The van der Waals surface area contributed by atoms with E-state index in [1.54, 1.807) is 65.0 Å². The Labute approximate surface area is 321 Å². The summed E-state index contributed by atoms with van der Waals surface area (Å²) in [5.41, 5.74) is 1.91. The molecule has 1 unspecified atom stereocenters. The molecule has 0 bridgehead atoms. The summed E-state index contributed by atoms with van der Waals surface area (Å²) in [5.74, 6) is -3.11. The summed E-state index contributed by atoms with van der Waals surface area (Å²) >= 11 is 1.37. The highest BCUT2D eigenvalue weighted by Gasteiger charge is 2.45. The molecule has 3 aromatic rings. The molecule has 1 aliphatic heterocycles. The van der Waals surface area contributed by atoms with Gasteiger partial charge in [0.2, 0.25) is 17.7 Å². The number of rotatable bonds is 12. The molecule has 4 atom stereocenters. The van der Waals surface area contributed by atoms with Crippen LogP contribution in [0.1, 0.15) is 87.1 Å². The molecule has 0 fully saturated rings. The molecule has 2 N–H and O–H groups in total. The molecule has 13 heteroatoms. The number of thioether (sulfide) groups is 1. The molecule has 0 aliphatic carbocycles. The quantitative estimate of drug-likeness (QED) is 0.215. The number of nitrogens with one attached hydrogen (secondary N) is 1. The second-order valence-electron chi connectivity index (χ2n) is 15.1. The first-order chi connectivity index (χ1) is 25.2. The van der Waals surface area contributed by atoms with Gasteiger partial charge in [-0.2, -0.15) is 11.8 Å². The molecule has 11 nitrogen and oxygen atoms in total. The number of fused-ring (bicyclic) bond motifs is 1. The van der Waals surface area contributed by atoms with Gasteiger partial charge >= 0.3 is 12.1 Å². The predicted molar refractivity (Wildman–Crippen MR) is 206 cm³/mol. The first-order valence-electron chi connectivity index (χ1n) is 17.8. The maximum atomic E-state index is 15.3. The van der Waals surface area contributed by atoms with Gasteiger partial charge in [0.1, 0.15) is 29.5 Å². The van der Waals surface area contributed by atoms with Crippen LogP contribution in [0.2, 0.25) is 0 Å². The number of nitrogens with zero attached hydrogens (tertiary/aromatic N) is 3. The summed E-state index contributed by atoms with van der Waals surface area (Å²) in [7, 11) is 1.45. The fourth-order valence-corrected chi connectivity index (χ4v) is 6.65. The molecule has 1 aliphatic rings. The Balaban J connectivity index is 1.76. The minimum Gasteiger partial charge on any atom is -0.478 e. The number of carboxylic acids is 1. The van der Waals surface area contributed by atoms with Crippen molar-refractivity contribution in [1.29, 1.82) is 0 Å². The Hall–Kier alpha value is -4.91. The maximum Gasteiger partial charge on any atom is 0.410 e. The highest BCUT2D eigenvalue weighted by molar-refractivity contribution is 8.00. The van der Waals surface area contributed by atoms with Crippen LogP contribution in [-0.4, -0.2) is 91.4 Å². The lowest BCUT2D eigenvalue weighted by Crippen LogP contribution is -2.63. The van der Waals surface area contributed by atoms with Gasteiger partial charge in [-0.05, 0) is 89.6 Å².